The second-order valence-corrected chi connectivity index (χ2v) is 11.2. The van der Waals surface area contributed by atoms with Crippen LogP contribution in [-0.2, 0) is 32.6 Å². The summed E-state index contributed by atoms with van der Waals surface area (Å²) >= 11 is 0. The second-order valence-electron chi connectivity index (χ2n) is 9.31. The normalized spacial score (nSPS) is 11.9. The van der Waals surface area contributed by atoms with E-state index in [9.17, 15) is 18.0 Å². The van der Waals surface area contributed by atoms with Crippen LogP contribution in [0.4, 0.5) is 5.69 Å². The molecule has 8 nitrogen and oxygen atoms in total. The highest BCUT2D eigenvalue weighted by molar-refractivity contribution is 7.92. The Labute approximate surface area is 231 Å². The lowest BCUT2D eigenvalue weighted by molar-refractivity contribution is -0.140. The molecule has 0 saturated heterocycles. The van der Waals surface area contributed by atoms with Gasteiger partial charge in [0.25, 0.3) is 0 Å². The van der Waals surface area contributed by atoms with Gasteiger partial charge in [0.2, 0.25) is 21.8 Å². The number of likely N-dealkylation sites (N-methyl/N-ethyl adjacent to an activating group) is 1. The molecule has 0 aliphatic carbocycles. The number of carbonyl (C=O) groups excluding carboxylic acids is 2. The Bertz CT molecular complexity index is 1340. The van der Waals surface area contributed by atoms with Crippen LogP contribution in [0.1, 0.15) is 30.5 Å². The average Bonchev–Trinajstić information content (AvgIpc) is 2.90. The molecule has 2 amide bonds. The molecule has 0 spiro atoms. The van der Waals surface area contributed by atoms with Gasteiger partial charge in [-0.25, -0.2) is 8.42 Å². The number of anilines is 1. The summed E-state index contributed by atoms with van der Waals surface area (Å²) in [4.78, 5) is 28.8. The van der Waals surface area contributed by atoms with Crippen LogP contribution < -0.4 is 14.4 Å². The van der Waals surface area contributed by atoms with E-state index in [2.05, 4.69) is 5.32 Å². The van der Waals surface area contributed by atoms with E-state index in [0.29, 0.717) is 24.6 Å². The van der Waals surface area contributed by atoms with Crippen molar-refractivity contribution in [3.63, 3.8) is 0 Å². The number of amides is 2. The summed E-state index contributed by atoms with van der Waals surface area (Å²) in [5.41, 5.74) is 3.09. The van der Waals surface area contributed by atoms with Crippen LogP contribution in [0, 0.1) is 6.92 Å². The first-order valence-corrected chi connectivity index (χ1v) is 14.8. The fourth-order valence-corrected chi connectivity index (χ4v) is 5.19. The van der Waals surface area contributed by atoms with E-state index in [1.807, 2.05) is 75.4 Å². The molecule has 9 heteroatoms. The Morgan fingerprint density at radius 3 is 2.18 bits per heavy atom. The van der Waals surface area contributed by atoms with Gasteiger partial charge in [-0.2, -0.15) is 0 Å². The molecule has 208 valence electrons. The minimum Gasteiger partial charge on any atom is -0.494 e. The summed E-state index contributed by atoms with van der Waals surface area (Å²) in [6.45, 7) is 6.21. The van der Waals surface area contributed by atoms with Crippen LogP contribution in [0.5, 0.6) is 5.75 Å². The molecule has 1 atom stereocenters. The number of rotatable bonds is 13. The van der Waals surface area contributed by atoms with E-state index >= 15 is 0 Å². The predicted octanol–water partition coefficient (Wildman–Crippen LogP) is 3.94. The van der Waals surface area contributed by atoms with Gasteiger partial charge in [-0.3, -0.25) is 13.9 Å². The fourth-order valence-electron chi connectivity index (χ4n) is 4.34. The van der Waals surface area contributed by atoms with Crippen molar-refractivity contribution in [3.8, 4) is 5.75 Å². The molecule has 1 N–H and O–H groups in total. The van der Waals surface area contributed by atoms with Crippen LogP contribution in [0.25, 0.3) is 0 Å². The number of nitrogens with one attached hydrogen (secondary N) is 1. The van der Waals surface area contributed by atoms with Gasteiger partial charge in [-0.15, -0.1) is 0 Å². The Morgan fingerprint density at radius 2 is 1.59 bits per heavy atom. The molecule has 0 fully saturated rings. The molecule has 3 aromatic rings. The number of benzene rings is 3. The van der Waals surface area contributed by atoms with Crippen LogP contribution in [-0.4, -0.2) is 57.1 Å². The van der Waals surface area contributed by atoms with Crippen molar-refractivity contribution in [3.05, 3.63) is 95.6 Å². The molecule has 0 aromatic heterocycles. The molecule has 0 saturated carbocycles. The summed E-state index contributed by atoms with van der Waals surface area (Å²) in [5, 5.41) is 2.85. The highest BCUT2D eigenvalue weighted by atomic mass is 32.2. The van der Waals surface area contributed by atoms with E-state index in [-0.39, 0.29) is 18.9 Å². The summed E-state index contributed by atoms with van der Waals surface area (Å²) in [6, 6.07) is 22.9. The standard InChI is InChI=1S/C30H37N3O5S/c1-5-31-30(35)28(20-24-12-8-7-9-13-24)32(21-25-14-10-11-23(3)19-25)29(34)22-33(39(4,36)37)26-15-17-27(18-16-26)38-6-2/h7-19,28H,5-6,20-22H2,1-4H3,(H,31,35)/t28-/m1/s1. The first-order chi connectivity index (χ1) is 18.6. The van der Waals surface area contributed by atoms with Crippen LogP contribution in [0.2, 0.25) is 0 Å². The maximum Gasteiger partial charge on any atom is 0.244 e. The zero-order valence-electron chi connectivity index (χ0n) is 23.0. The average molecular weight is 552 g/mol. The lowest BCUT2D eigenvalue weighted by atomic mass is 10.0. The van der Waals surface area contributed by atoms with Gasteiger partial charge in [0.05, 0.1) is 18.6 Å². The van der Waals surface area contributed by atoms with E-state index in [1.54, 1.807) is 24.3 Å². The van der Waals surface area contributed by atoms with Gasteiger partial charge in [0, 0.05) is 19.5 Å². The van der Waals surface area contributed by atoms with Crippen molar-refractivity contribution < 1.29 is 22.7 Å². The van der Waals surface area contributed by atoms with Crippen molar-refractivity contribution in [2.24, 2.45) is 0 Å². The lowest BCUT2D eigenvalue weighted by Gasteiger charge is -2.33. The van der Waals surface area contributed by atoms with E-state index in [4.69, 9.17) is 4.74 Å². The number of aryl methyl sites for hydroxylation is 1. The Kier molecular flexibility index (Phi) is 10.5. The first-order valence-electron chi connectivity index (χ1n) is 13.0. The van der Waals surface area contributed by atoms with Crippen LogP contribution in [0.15, 0.2) is 78.9 Å². The molecule has 3 rings (SSSR count). The van der Waals surface area contributed by atoms with Crippen molar-refractivity contribution in [1.29, 1.82) is 0 Å². The number of hydrogen-bond donors (Lipinski definition) is 1. The quantitative estimate of drug-likeness (QED) is 0.347. The van der Waals surface area contributed by atoms with E-state index < -0.39 is 28.5 Å². The number of nitrogens with zero attached hydrogens (tertiary/aromatic N) is 2. The number of sulfonamides is 1. The van der Waals surface area contributed by atoms with E-state index in [0.717, 1.165) is 27.3 Å². The van der Waals surface area contributed by atoms with Crippen molar-refractivity contribution in [1.82, 2.24) is 10.2 Å². The Balaban J connectivity index is 2.01. The minimum absolute atomic E-state index is 0.149. The maximum absolute atomic E-state index is 14.0. The van der Waals surface area contributed by atoms with Gasteiger partial charge in [0.15, 0.2) is 0 Å². The molecule has 0 heterocycles. The molecular weight excluding hydrogens is 514 g/mol. The third kappa shape index (κ3) is 8.58. The van der Waals surface area contributed by atoms with Gasteiger partial charge in [-0.05, 0) is 56.2 Å². The second kappa shape index (κ2) is 13.8. The summed E-state index contributed by atoms with van der Waals surface area (Å²) < 4.78 is 32.2. The number of hydrogen-bond acceptors (Lipinski definition) is 5. The molecular formula is C30H37N3O5S. The highest BCUT2D eigenvalue weighted by Gasteiger charge is 2.32. The Hall–Kier alpha value is -3.85. The third-order valence-electron chi connectivity index (χ3n) is 6.17. The van der Waals surface area contributed by atoms with Gasteiger partial charge in [-0.1, -0.05) is 60.2 Å². The molecule has 0 radical (unpaired) electrons. The van der Waals surface area contributed by atoms with Crippen molar-refractivity contribution in [2.75, 3.05) is 30.3 Å². The SMILES string of the molecule is CCNC(=O)[C@@H](Cc1ccccc1)N(Cc1cccc(C)c1)C(=O)CN(c1ccc(OCC)cc1)S(C)(=O)=O. The monoisotopic (exact) mass is 551 g/mol. The zero-order valence-corrected chi connectivity index (χ0v) is 23.8. The maximum atomic E-state index is 14.0. The third-order valence-corrected chi connectivity index (χ3v) is 7.31. The minimum atomic E-state index is -3.82. The number of carbonyl (C=O) groups is 2. The Morgan fingerprint density at radius 1 is 0.923 bits per heavy atom. The molecule has 0 bridgehead atoms. The van der Waals surface area contributed by atoms with Crippen molar-refractivity contribution in [2.45, 2.75) is 39.8 Å². The molecule has 3 aromatic carbocycles. The summed E-state index contributed by atoms with van der Waals surface area (Å²) in [7, 11) is -3.82. The predicted molar refractivity (Wildman–Crippen MR) is 154 cm³/mol. The largest absolute Gasteiger partial charge is 0.494 e. The van der Waals surface area contributed by atoms with Gasteiger partial charge < -0.3 is 15.0 Å². The smallest absolute Gasteiger partial charge is 0.244 e. The number of ether oxygens (including phenoxy) is 1. The van der Waals surface area contributed by atoms with Gasteiger partial charge in [0.1, 0.15) is 18.3 Å². The molecule has 39 heavy (non-hydrogen) atoms. The summed E-state index contributed by atoms with van der Waals surface area (Å²) in [6.07, 6.45) is 1.35. The molecule has 0 aliphatic heterocycles. The fraction of sp³-hybridized carbons (Fsp3) is 0.333. The first kappa shape index (κ1) is 29.7. The summed E-state index contributed by atoms with van der Waals surface area (Å²) in [5.74, 6) is -0.182. The van der Waals surface area contributed by atoms with Crippen molar-refractivity contribution >= 4 is 27.5 Å². The zero-order chi connectivity index (χ0) is 28.4. The van der Waals surface area contributed by atoms with Gasteiger partial charge >= 0.3 is 0 Å². The molecule has 0 aliphatic rings. The lowest BCUT2D eigenvalue weighted by Crippen LogP contribution is -2.53. The van der Waals surface area contributed by atoms with Crippen LogP contribution in [0.3, 0.4) is 0 Å². The van der Waals surface area contributed by atoms with E-state index in [1.165, 1.54) is 4.90 Å². The highest BCUT2D eigenvalue weighted by Crippen LogP contribution is 2.23. The molecule has 0 unspecified atom stereocenters. The topological polar surface area (TPSA) is 96.0 Å². The van der Waals surface area contributed by atoms with Crippen LogP contribution >= 0.6 is 0 Å².